The molecule has 0 spiro atoms. The van der Waals surface area contributed by atoms with Gasteiger partial charge in [0.15, 0.2) is 5.84 Å². The van der Waals surface area contributed by atoms with Crippen LogP contribution in [0.2, 0.25) is 0 Å². The lowest BCUT2D eigenvalue weighted by molar-refractivity contribution is -0.114. The Hall–Kier alpha value is -3.45. The minimum absolute atomic E-state index is 0.0861. The number of aliphatic imine (C=N–C) groups is 1. The van der Waals surface area contributed by atoms with Gasteiger partial charge in [-0.2, -0.15) is 15.1 Å². The molecular formula is C27H27N5OS. The molecule has 1 N–H and O–H groups in total. The van der Waals surface area contributed by atoms with E-state index in [0.717, 1.165) is 53.4 Å². The number of rotatable bonds is 6. The number of hydrogen-bond acceptors (Lipinski definition) is 4. The van der Waals surface area contributed by atoms with Gasteiger partial charge >= 0.3 is 0 Å². The van der Waals surface area contributed by atoms with Crippen molar-refractivity contribution in [1.82, 2.24) is 9.58 Å². The zero-order valence-corrected chi connectivity index (χ0v) is 20.4. The highest BCUT2D eigenvalue weighted by atomic mass is 32.2. The molecule has 0 radical (unpaired) electrons. The molecule has 34 heavy (non-hydrogen) atoms. The summed E-state index contributed by atoms with van der Waals surface area (Å²) in [5.41, 5.74) is 4.33. The third-order valence-corrected chi connectivity index (χ3v) is 7.24. The summed E-state index contributed by atoms with van der Waals surface area (Å²) in [6, 6.07) is 16.7. The Kier molecular flexibility index (Phi) is 5.96. The van der Waals surface area contributed by atoms with Crippen molar-refractivity contribution in [3.05, 3.63) is 71.1 Å². The van der Waals surface area contributed by atoms with E-state index in [-0.39, 0.29) is 17.3 Å². The van der Waals surface area contributed by atoms with Crippen molar-refractivity contribution < 1.29 is 4.79 Å². The van der Waals surface area contributed by atoms with Crippen LogP contribution in [0.5, 0.6) is 0 Å². The van der Waals surface area contributed by atoms with Crippen LogP contribution in [0.3, 0.4) is 0 Å². The average molecular weight is 470 g/mol. The highest BCUT2D eigenvalue weighted by Crippen LogP contribution is 2.32. The van der Waals surface area contributed by atoms with Crippen molar-refractivity contribution in [3.8, 4) is 5.69 Å². The van der Waals surface area contributed by atoms with Crippen LogP contribution >= 0.6 is 11.8 Å². The average Bonchev–Trinajstić information content (AvgIpc) is 3.36. The molecule has 5 rings (SSSR count). The molecule has 0 atom stereocenters. The van der Waals surface area contributed by atoms with Crippen molar-refractivity contribution in [2.24, 2.45) is 10.1 Å². The maximum Gasteiger partial charge on any atom is 0.283 e. The SMILES string of the molecule is CCCCCC1=NN2C(=N)C(=Cc3cc(C)n(-c4cccc5ccccc45)c3C)C(=O)N=C2S1. The van der Waals surface area contributed by atoms with E-state index in [4.69, 9.17) is 5.41 Å². The van der Waals surface area contributed by atoms with E-state index in [1.165, 1.54) is 27.5 Å². The maximum atomic E-state index is 12.9. The Labute approximate surface area is 203 Å². The molecule has 0 aliphatic carbocycles. The lowest BCUT2D eigenvalue weighted by Gasteiger charge is -2.20. The van der Waals surface area contributed by atoms with Crippen LogP contribution in [0.15, 0.2) is 64.2 Å². The summed E-state index contributed by atoms with van der Waals surface area (Å²) in [5.74, 6) is -0.299. The molecule has 0 saturated heterocycles. The molecule has 0 bridgehead atoms. The Morgan fingerprint density at radius 2 is 1.88 bits per heavy atom. The highest BCUT2D eigenvalue weighted by molar-refractivity contribution is 8.26. The van der Waals surface area contributed by atoms with Gasteiger partial charge < -0.3 is 4.57 Å². The second-order valence-corrected chi connectivity index (χ2v) is 9.67. The first-order chi connectivity index (χ1) is 16.5. The van der Waals surface area contributed by atoms with Gasteiger partial charge in [0.1, 0.15) is 5.04 Å². The maximum absolute atomic E-state index is 12.9. The van der Waals surface area contributed by atoms with Crippen LogP contribution in [-0.2, 0) is 4.79 Å². The first-order valence-corrected chi connectivity index (χ1v) is 12.5. The number of benzene rings is 2. The summed E-state index contributed by atoms with van der Waals surface area (Å²) in [6.07, 6.45) is 5.96. The fourth-order valence-electron chi connectivity index (χ4n) is 4.52. The van der Waals surface area contributed by atoms with Crippen LogP contribution in [0, 0.1) is 19.3 Å². The third-order valence-electron chi connectivity index (χ3n) is 6.27. The van der Waals surface area contributed by atoms with Gasteiger partial charge in [-0.3, -0.25) is 10.2 Å². The largest absolute Gasteiger partial charge is 0.317 e. The molecule has 2 aliphatic rings. The third kappa shape index (κ3) is 3.90. The number of aryl methyl sites for hydroxylation is 1. The molecule has 1 aromatic heterocycles. The molecule has 3 heterocycles. The van der Waals surface area contributed by atoms with Crippen LogP contribution in [0.1, 0.15) is 49.6 Å². The minimum Gasteiger partial charge on any atom is -0.317 e. The van der Waals surface area contributed by atoms with E-state index in [1.807, 2.05) is 19.1 Å². The molecule has 7 heteroatoms. The molecule has 172 valence electrons. The number of hydrogen-bond donors (Lipinski definition) is 1. The zero-order chi connectivity index (χ0) is 23.8. The van der Waals surface area contributed by atoms with Gasteiger partial charge in [-0.1, -0.05) is 56.2 Å². The van der Waals surface area contributed by atoms with E-state index in [2.05, 4.69) is 64.9 Å². The Balaban J connectivity index is 1.50. The number of amidine groups is 2. The van der Waals surface area contributed by atoms with Gasteiger partial charge in [-0.15, -0.1) is 0 Å². The molecule has 6 nitrogen and oxygen atoms in total. The second kappa shape index (κ2) is 9.06. The fraction of sp³-hybridized carbons (Fsp3) is 0.259. The second-order valence-electron chi connectivity index (χ2n) is 8.63. The molecule has 2 aromatic carbocycles. The monoisotopic (exact) mass is 469 g/mol. The first-order valence-electron chi connectivity index (χ1n) is 11.6. The number of fused-ring (bicyclic) bond motifs is 2. The lowest BCUT2D eigenvalue weighted by atomic mass is 10.1. The minimum atomic E-state index is -0.385. The Morgan fingerprint density at radius 1 is 1.09 bits per heavy atom. The smallest absolute Gasteiger partial charge is 0.283 e. The van der Waals surface area contributed by atoms with Crippen LogP contribution in [-0.4, -0.2) is 31.5 Å². The summed E-state index contributed by atoms with van der Waals surface area (Å²) in [4.78, 5) is 17.1. The number of amides is 1. The predicted octanol–water partition coefficient (Wildman–Crippen LogP) is 6.45. The lowest BCUT2D eigenvalue weighted by Crippen LogP contribution is -2.35. The number of unbranched alkanes of at least 4 members (excludes halogenated alkanes) is 2. The number of hydrazone groups is 1. The number of nitrogens with one attached hydrogen (secondary N) is 1. The van der Waals surface area contributed by atoms with Gasteiger partial charge in [0.2, 0.25) is 5.17 Å². The van der Waals surface area contributed by atoms with Crippen LogP contribution < -0.4 is 0 Å². The molecule has 3 aromatic rings. The van der Waals surface area contributed by atoms with Crippen molar-refractivity contribution >= 4 is 50.6 Å². The normalized spacial score (nSPS) is 16.9. The predicted molar refractivity (Wildman–Crippen MR) is 142 cm³/mol. The highest BCUT2D eigenvalue weighted by Gasteiger charge is 2.35. The zero-order valence-electron chi connectivity index (χ0n) is 19.6. The molecule has 1 amide bonds. The Morgan fingerprint density at radius 3 is 2.71 bits per heavy atom. The molecular weight excluding hydrogens is 442 g/mol. The van der Waals surface area contributed by atoms with Gasteiger partial charge in [0, 0.05) is 16.8 Å². The van der Waals surface area contributed by atoms with Crippen molar-refractivity contribution in [3.63, 3.8) is 0 Å². The number of thioether (sulfide) groups is 1. The van der Waals surface area contributed by atoms with Crippen LogP contribution in [0.4, 0.5) is 0 Å². The summed E-state index contributed by atoms with van der Waals surface area (Å²) < 4.78 is 2.20. The van der Waals surface area contributed by atoms with Crippen molar-refractivity contribution in [1.29, 1.82) is 5.41 Å². The summed E-state index contributed by atoms with van der Waals surface area (Å²) >= 11 is 1.40. The van der Waals surface area contributed by atoms with Gasteiger partial charge in [-0.05, 0) is 67.6 Å². The Bertz CT molecular complexity index is 1410. The van der Waals surface area contributed by atoms with Gasteiger partial charge in [0.05, 0.1) is 11.3 Å². The number of nitrogens with zero attached hydrogens (tertiary/aromatic N) is 4. The number of carbonyl (C=O) groups excluding carboxylic acids is 1. The quantitative estimate of drug-likeness (QED) is 0.333. The summed E-state index contributed by atoms with van der Waals surface area (Å²) in [6.45, 7) is 6.27. The van der Waals surface area contributed by atoms with Crippen molar-refractivity contribution in [2.45, 2.75) is 46.5 Å². The van der Waals surface area contributed by atoms with E-state index in [1.54, 1.807) is 6.08 Å². The summed E-state index contributed by atoms with van der Waals surface area (Å²) in [5, 5.41) is 18.5. The van der Waals surface area contributed by atoms with Gasteiger partial charge in [0.25, 0.3) is 5.91 Å². The van der Waals surface area contributed by atoms with E-state index in [9.17, 15) is 4.79 Å². The van der Waals surface area contributed by atoms with E-state index < -0.39 is 0 Å². The fourth-order valence-corrected chi connectivity index (χ4v) is 5.45. The van der Waals surface area contributed by atoms with Gasteiger partial charge in [-0.25, -0.2) is 0 Å². The first kappa shape index (κ1) is 22.3. The molecule has 2 aliphatic heterocycles. The van der Waals surface area contributed by atoms with E-state index in [0.29, 0.717) is 5.17 Å². The van der Waals surface area contributed by atoms with E-state index >= 15 is 0 Å². The molecule has 0 unspecified atom stereocenters. The standard InChI is InChI=1S/C27H27N5OS/c1-4-5-6-14-24-30-32-25(28)22(26(33)29-27(32)34-24)16-20-15-17(2)31(18(20)3)23-13-9-11-19-10-7-8-12-21(19)23/h7-13,15-16,28H,4-6,14H2,1-3H3. The molecule has 0 saturated carbocycles. The summed E-state index contributed by atoms with van der Waals surface area (Å²) in [7, 11) is 0. The van der Waals surface area contributed by atoms with Crippen molar-refractivity contribution in [2.75, 3.05) is 0 Å². The molecule has 0 fully saturated rings. The number of aromatic nitrogens is 1. The van der Waals surface area contributed by atoms with Crippen LogP contribution in [0.25, 0.3) is 22.5 Å². The number of carbonyl (C=O) groups is 1. The topological polar surface area (TPSA) is 73.8 Å².